The molecule has 3 nitrogen and oxygen atoms in total. The van der Waals surface area contributed by atoms with Gasteiger partial charge in [0, 0.05) is 0 Å². The van der Waals surface area contributed by atoms with Gasteiger partial charge in [0.15, 0.2) is 0 Å². The van der Waals surface area contributed by atoms with Crippen LogP contribution in [0.1, 0.15) is 10.4 Å². The van der Waals surface area contributed by atoms with Crippen molar-refractivity contribution in [2.45, 2.75) is 0 Å². The zero-order valence-corrected chi connectivity index (χ0v) is 7.82. The Kier molecular flexibility index (Phi) is 3.57. The molecule has 0 aliphatic carbocycles. The van der Waals surface area contributed by atoms with Gasteiger partial charge in [0.05, 0.1) is 12.7 Å². The van der Waals surface area contributed by atoms with Gasteiger partial charge in [-0.1, -0.05) is 5.92 Å². The zero-order valence-electron chi connectivity index (χ0n) is 7.82. The molecule has 14 heavy (non-hydrogen) atoms. The third-order valence-electron chi connectivity index (χ3n) is 1.60. The van der Waals surface area contributed by atoms with Crippen molar-refractivity contribution in [3.05, 3.63) is 29.8 Å². The molecular weight excluding hydrogens is 180 g/mol. The highest BCUT2D eigenvalue weighted by Crippen LogP contribution is 2.12. The third kappa shape index (κ3) is 2.53. The quantitative estimate of drug-likeness (QED) is 0.535. The van der Waals surface area contributed by atoms with Crippen LogP contribution in [0.25, 0.3) is 0 Å². The highest BCUT2D eigenvalue weighted by atomic mass is 16.5. The Morgan fingerprint density at radius 2 is 2.07 bits per heavy atom. The minimum atomic E-state index is -0.367. The summed E-state index contributed by atoms with van der Waals surface area (Å²) in [5, 5.41) is 0. The fourth-order valence-corrected chi connectivity index (χ4v) is 0.930. The van der Waals surface area contributed by atoms with Crippen molar-refractivity contribution in [1.82, 2.24) is 0 Å². The molecule has 0 radical (unpaired) electrons. The van der Waals surface area contributed by atoms with E-state index in [1.165, 1.54) is 7.11 Å². The van der Waals surface area contributed by atoms with Crippen LogP contribution in [0.2, 0.25) is 0 Å². The van der Waals surface area contributed by atoms with Crippen LogP contribution in [0, 0.1) is 12.3 Å². The summed E-state index contributed by atoms with van der Waals surface area (Å²) in [4.78, 5) is 11.0. The fraction of sp³-hybridized carbons (Fsp3) is 0.182. The van der Waals surface area contributed by atoms with E-state index in [1.807, 2.05) is 0 Å². The van der Waals surface area contributed by atoms with Gasteiger partial charge in [-0.25, -0.2) is 4.79 Å². The van der Waals surface area contributed by atoms with Crippen LogP contribution >= 0.6 is 0 Å². The van der Waals surface area contributed by atoms with Gasteiger partial charge in [-0.15, -0.1) is 6.42 Å². The standard InChI is InChI=1S/C11H10O3/c1-3-8-14-10-6-4-9(5-7-10)11(12)13-2/h1,4-7H,8H2,2H3. The lowest BCUT2D eigenvalue weighted by atomic mass is 10.2. The minimum Gasteiger partial charge on any atom is -0.481 e. The first-order chi connectivity index (χ1) is 6.77. The predicted octanol–water partition coefficient (Wildman–Crippen LogP) is 1.49. The van der Waals surface area contributed by atoms with Crippen molar-refractivity contribution in [3.63, 3.8) is 0 Å². The topological polar surface area (TPSA) is 35.5 Å². The Morgan fingerprint density at radius 3 is 2.57 bits per heavy atom. The van der Waals surface area contributed by atoms with Crippen molar-refractivity contribution in [3.8, 4) is 18.1 Å². The lowest BCUT2D eigenvalue weighted by Gasteiger charge is -2.02. The van der Waals surface area contributed by atoms with Gasteiger partial charge in [0.2, 0.25) is 0 Å². The van der Waals surface area contributed by atoms with E-state index in [9.17, 15) is 4.79 Å². The molecule has 0 fully saturated rings. The number of esters is 1. The highest BCUT2D eigenvalue weighted by Gasteiger charge is 2.03. The lowest BCUT2D eigenvalue weighted by molar-refractivity contribution is 0.0600. The second-order valence-corrected chi connectivity index (χ2v) is 2.51. The van der Waals surface area contributed by atoms with Crippen LogP contribution in [0.3, 0.4) is 0 Å². The molecule has 3 heteroatoms. The molecule has 1 rings (SSSR count). The number of rotatable bonds is 3. The molecule has 0 amide bonds. The van der Waals surface area contributed by atoms with Gasteiger partial charge in [-0.05, 0) is 24.3 Å². The summed E-state index contributed by atoms with van der Waals surface area (Å²) in [6.07, 6.45) is 5.03. The molecule has 0 atom stereocenters. The molecule has 0 heterocycles. The van der Waals surface area contributed by atoms with Crippen LogP contribution in [-0.4, -0.2) is 19.7 Å². The van der Waals surface area contributed by atoms with Crippen molar-refractivity contribution < 1.29 is 14.3 Å². The average Bonchev–Trinajstić information content (AvgIpc) is 2.26. The first-order valence-electron chi connectivity index (χ1n) is 4.02. The van der Waals surface area contributed by atoms with E-state index in [0.29, 0.717) is 11.3 Å². The molecule has 0 bridgehead atoms. The Hall–Kier alpha value is -1.95. The number of benzene rings is 1. The largest absolute Gasteiger partial charge is 0.481 e. The predicted molar refractivity (Wildman–Crippen MR) is 52.1 cm³/mol. The Labute approximate surface area is 82.6 Å². The van der Waals surface area contributed by atoms with E-state index in [0.717, 1.165) is 0 Å². The van der Waals surface area contributed by atoms with E-state index in [4.69, 9.17) is 11.2 Å². The van der Waals surface area contributed by atoms with Crippen LogP contribution in [0.5, 0.6) is 5.75 Å². The Bertz CT molecular complexity index is 346. The van der Waals surface area contributed by atoms with E-state index >= 15 is 0 Å². The molecule has 0 spiro atoms. The lowest BCUT2D eigenvalue weighted by Crippen LogP contribution is -2.01. The zero-order chi connectivity index (χ0) is 10.4. The van der Waals surface area contributed by atoms with Gasteiger partial charge in [-0.2, -0.15) is 0 Å². The van der Waals surface area contributed by atoms with E-state index in [2.05, 4.69) is 10.7 Å². The Morgan fingerprint density at radius 1 is 1.43 bits per heavy atom. The maximum Gasteiger partial charge on any atom is 0.337 e. The molecule has 0 saturated heterocycles. The molecule has 0 unspecified atom stereocenters. The molecule has 0 aromatic heterocycles. The van der Waals surface area contributed by atoms with Crippen molar-refractivity contribution in [2.24, 2.45) is 0 Å². The molecule has 0 aliphatic heterocycles. The minimum absolute atomic E-state index is 0.220. The molecule has 1 aromatic rings. The summed E-state index contributed by atoms with van der Waals surface area (Å²) in [5.41, 5.74) is 0.487. The van der Waals surface area contributed by atoms with Crippen LogP contribution in [0.15, 0.2) is 24.3 Å². The van der Waals surface area contributed by atoms with Crippen LogP contribution in [-0.2, 0) is 4.74 Å². The molecule has 0 saturated carbocycles. The first kappa shape index (κ1) is 10.1. The summed E-state index contributed by atoms with van der Waals surface area (Å²) in [7, 11) is 1.34. The third-order valence-corrected chi connectivity index (χ3v) is 1.60. The normalized spacial score (nSPS) is 8.86. The van der Waals surface area contributed by atoms with Crippen molar-refractivity contribution in [1.29, 1.82) is 0 Å². The number of terminal acetylenes is 1. The second-order valence-electron chi connectivity index (χ2n) is 2.51. The molecular formula is C11H10O3. The molecule has 0 N–H and O–H groups in total. The molecule has 0 aliphatic rings. The van der Waals surface area contributed by atoms with Gasteiger partial charge in [0.25, 0.3) is 0 Å². The smallest absolute Gasteiger partial charge is 0.337 e. The van der Waals surface area contributed by atoms with Crippen LogP contribution in [0.4, 0.5) is 0 Å². The van der Waals surface area contributed by atoms with E-state index < -0.39 is 0 Å². The number of ether oxygens (including phenoxy) is 2. The number of hydrogen-bond donors (Lipinski definition) is 0. The van der Waals surface area contributed by atoms with Crippen LogP contribution < -0.4 is 4.74 Å². The number of carbonyl (C=O) groups excluding carboxylic acids is 1. The van der Waals surface area contributed by atoms with Gasteiger partial charge < -0.3 is 9.47 Å². The van der Waals surface area contributed by atoms with E-state index in [-0.39, 0.29) is 12.6 Å². The molecule has 1 aromatic carbocycles. The highest BCUT2D eigenvalue weighted by molar-refractivity contribution is 5.89. The Balaban J connectivity index is 2.69. The monoisotopic (exact) mass is 190 g/mol. The first-order valence-corrected chi connectivity index (χ1v) is 4.02. The summed E-state index contributed by atoms with van der Waals surface area (Å²) in [5.74, 6) is 2.62. The van der Waals surface area contributed by atoms with Gasteiger partial charge >= 0.3 is 5.97 Å². The van der Waals surface area contributed by atoms with E-state index in [1.54, 1.807) is 24.3 Å². The summed E-state index contributed by atoms with van der Waals surface area (Å²) in [6.45, 7) is 0.220. The van der Waals surface area contributed by atoms with Crippen molar-refractivity contribution >= 4 is 5.97 Å². The average molecular weight is 190 g/mol. The number of methoxy groups -OCH3 is 1. The van der Waals surface area contributed by atoms with Crippen molar-refractivity contribution in [2.75, 3.05) is 13.7 Å². The number of hydrogen-bond acceptors (Lipinski definition) is 3. The molecule has 72 valence electrons. The fourth-order valence-electron chi connectivity index (χ4n) is 0.930. The summed E-state index contributed by atoms with van der Waals surface area (Å²) in [6, 6.07) is 6.59. The maximum atomic E-state index is 11.0. The van der Waals surface area contributed by atoms with Gasteiger partial charge in [-0.3, -0.25) is 0 Å². The number of carbonyl (C=O) groups is 1. The maximum absolute atomic E-state index is 11.0. The second kappa shape index (κ2) is 4.93. The summed E-state index contributed by atoms with van der Waals surface area (Å²) < 4.78 is 9.68. The SMILES string of the molecule is C#CCOc1ccc(C(=O)OC)cc1. The van der Waals surface area contributed by atoms with Gasteiger partial charge in [0.1, 0.15) is 12.4 Å². The summed E-state index contributed by atoms with van der Waals surface area (Å²) >= 11 is 0.